The van der Waals surface area contributed by atoms with Crippen molar-refractivity contribution in [1.29, 1.82) is 0 Å². The van der Waals surface area contributed by atoms with Gasteiger partial charge in [-0.3, -0.25) is 19.7 Å². The number of rotatable bonds is 7. The highest BCUT2D eigenvalue weighted by Gasteiger charge is 2.44. The first-order valence-corrected chi connectivity index (χ1v) is 8.73. The number of esters is 1. The van der Waals surface area contributed by atoms with Gasteiger partial charge in [0.15, 0.2) is 0 Å². The molecular weight excluding hydrogens is 394 g/mol. The Bertz CT molecular complexity index is 677. The minimum atomic E-state index is -0.629. The second-order valence-corrected chi connectivity index (χ2v) is 7.12. The molecule has 0 bridgehead atoms. The largest absolute Gasteiger partial charge is 0.496 e. The highest BCUT2D eigenvalue weighted by Crippen LogP contribution is 2.36. The number of methoxy groups -OCH3 is 1. The van der Waals surface area contributed by atoms with Crippen molar-refractivity contribution in [3.63, 3.8) is 0 Å². The Balaban J connectivity index is 1.93. The lowest BCUT2D eigenvalue weighted by Crippen LogP contribution is -2.27. The quantitative estimate of drug-likeness (QED) is 0.387. The summed E-state index contributed by atoms with van der Waals surface area (Å²) in [5, 5.41) is 10.8. The molecule has 0 spiro atoms. The molecule has 1 aliphatic carbocycles. The lowest BCUT2D eigenvalue weighted by atomic mass is 9.88. The van der Waals surface area contributed by atoms with E-state index in [1.807, 2.05) is 6.92 Å². The van der Waals surface area contributed by atoms with Crippen LogP contribution in [0.2, 0.25) is 0 Å². The maximum Gasteiger partial charge on any atom is 0.306 e. The minimum Gasteiger partial charge on any atom is -0.496 e. The van der Waals surface area contributed by atoms with Crippen LogP contribution in [-0.2, 0) is 20.9 Å². The van der Waals surface area contributed by atoms with Gasteiger partial charge in [-0.15, -0.1) is 0 Å². The number of hydrogen-bond donors (Lipinski definition) is 0. The van der Waals surface area contributed by atoms with E-state index in [9.17, 15) is 19.7 Å². The van der Waals surface area contributed by atoms with E-state index in [2.05, 4.69) is 15.9 Å². The molecule has 2 rings (SSSR count). The maximum absolute atomic E-state index is 12.1. The number of nitro groups is 1. The number of carbonyl (C=O) groups is 2. The number of benzene rings is 1. The molecule has 7 nitrogen and oxygen atoms in total. The van der Waals surface area contributed by atoms with Gasteiger partial charge in [-0.1, -0.05) is 13.0 Å². The van der Waals surface area contributed by atoms with Crippen LogP contribution in [0.1, 0.15) is 25.3 Å². The molecule has 3 atom stereocenters. The van der Waals surface area contributed by atoms with Gasteiger partial charge in [-0.05, 0) is 39.5 Å². The van der Waals surface area contributed by atoms with Crippen LogP contribution in [0, 0.1) is 27.9 Å². The number of halogens is 1. The van der Waals surface area contributed by atoms with Gasteiger partial charge in [0.05, 0.1) is 18.0 Å². The SMILES string of the molecule is COc1ccc(COC(=O)C[C@@H]2C(=O)C[C@@H](C)[C@H]2C[N+](=O)[O-])cc1Br. The molecule has 0 heterocycles. The number of Topliss-reactive ketones (excluding diaryl/α,β-unsaturated/α-hetero) is 1. The molecule has 1 fully saturated rings. The summed E-state index contributed by atoms with van der Waals surface area (Å²) >= 11 is 3.36. The average molecular weight is 414 g/mol. The van der Waals surface area contributed by atoms with E-state index in [-0.39, 0.29) is 37.7 Å². The Kier molecular flexibility index (Phi) is 6.52. The molecule has 0 radical (unpaired) electrons. The molecule has 0 aliphatic heterocycles. The maximum atomic E-state index is 12.1. The van der Waals surface area contributed by atoms with Crippen molar-refractivity contribution in [3.05, 3.63) is 38.3 Å². The Hall–Kier alpha value is -1.96. The van der Waals surface area contributed by atoms with Crippen LogP contribution in [0.3, 0.4) is 0 Å². The van der Waals surface area contributed by atoms with Crippen LogP contribution < -0.4 is 4.74 Å². The predicted molar refractivity (Wildman–Crippen MR) is 92.7 cm³/mol. The third kappa shape index (κ3) is 5.01. The number of ketones is 1. The van der Waals surface area contributed by atoms with Crippen molar-refractivity contribution in [2.75, 3.05) is 13.7 Å². The molecule has 0 N–H and O–H groups in total. The Labute approximate surface area is 154 Å². The summed E-state index contributed by atoms with van der Waals surface area (Å²) < 4.78 is 11.1. The van der Waals surface area contributed by atoms with Crippen molar-refractivity contribution >= 4 is 27.7 Å². The standard InChI is InChI=1S/C17H20BrNO6/c1-10-5-15(20)12(13(10)8-19(22)23)7-17(21)25-9-11-3-4-16(24-2)14(18)6-11/h3-4,6,10,12-13H,5,7-9H2,1-2H3/t10-,12+,13-/m1/s1. The zero-order chi connectivity index (χ0) is 18.6. The number of carbonyl (C=O) groups excluding carboxylic acids is 2. The summed E-state index contributed by atoms with van der Waals surface area (Å²) in [5.41, 5.74) is 0.772. The number of ether oxygens (including phenoxy) is 2. The lowest BCUT2D eigenvalue weighted by Gasteiger charge is -2.17. The molecule has 25 heavy (non-hydrogen) atoms. The summed E-state index contributed by atoms with van der Waals surface area (Å²) in [5.74, 6) is -1.08. The normalized spacial score (nSPS) is 22.7. The van der Waals surface area contributed by atoms with Gasteiger partial charge in [0, 0.05) is 23.2 Å². The summed E-state index contributed by atoms with van der Waals surface area (Å²) in [6, 6.07) is 5.31. The first-order valence-electron chi connectivity index (χ1n) is 7.94. The lowest BCUT2D eigenvalue weighted by molar-refractivity contribution is -0.490. The molecule has 1 aromatic rings. The molecule has 0 aromatic heterocycles. The monoisotopic (exact) mass is 413 g/mol. The fourth-order valence-corrected chi connectivity index (χ4v) is 3.79. The highest BCUT2D eigenvalue weighted by atomic mass is 79.9. The zero-order valence-electron chi connectivity index (χ0n) is 14.1. The zero-order valence-corrected chi connectivity index (χ0v) is 15.7. The van der Waals surface area contributed by atoms with Crippen LogP contribution in [0.15, 0.2) is 22.7 Å². The second kappa shape index (κ2) is 8.42. The van der Waals surface area contributed by atoms with E-state index in [4.69, 9.17) is 9.47 Å². The van der Waals surface area contributed by atoms with E-state index in [1.165, 1.54) is 0 Å². The minimum absolute atomic E-state index is 0.0673. The van der Waals surface area contributed by atoms with Gasteiger partial charge < -0.3 is 9.47 Å². The predicted octanol–water partition coefficient (Wildman–Crippen LogP) is 3.01. The van der Waals surface area contributed by atoms with Crippen molar-refractivity contribution in [2.24, 2.45) is 17.8 Å². The fraction of sp³-hybridized carbons (Fsp3) is 0.529. The average Bonchev–Trinajstić information content (AvgIpc) is 2.79. The van der Waals surface area contributed by atoms with E-state index < -0.39 is 22.7 Å². The summed E-state index contributed by atoms with van der Waals surface area (Å²) in [7, 11) is 1.56. The van der Waals surface area contributed by atoms with Gasteiger partial charge >= 0.3 is 5.97 Å². The van der Waals surface area contributed by atoms with E-state index in [0.29, 0.717) is 5.75 Å². The summed E-state index contributed by atoms with van der Waals surface area (Å²) in [6.07, 6.45) is 0.168. The number of nitrogens with zero attached hydrogens (tertiary/aromatic N) is 1. The third-order valence-electron chi connectivity index (χ3n) is 4.55. The first kappa shape index (κ1) is 19.4. The summed E-state index contributed by atoms with van der Waals surface area (Å²) in [4.78, 5) is 34.5. The summed E-state index contributed by atoms with van der Waals surface area (Å²) in [6.45, 7) is 1.58. The van der Waals surface area contributed by atoms with E-state index in [1.54, 1.807) is 25.3 Å². The Morgan fingerprint density at radius 3 is 2.76 bits per heavy atom. The van der Waals surface area contributed by atoms with Crippen LogP contribution >= 0.6 is 15.9 Å². The molecular formula is C17H20BrNO6. The molecule has 1 saturated carbocycles. The third-order valence-corrected chi connectivity index (χ3v) is 5.17. The molecule has 0 saturated heterocycles. The van der Waals surface area contributed by atoms with E-state index >= 15 is 0 Å². The fourth-order valence-electron chi connectivity index (χ4n) is 3.20. The van der Waals surface area contributed by atoms with Crippen molar-refractivity contribution in [1.82, 2.24) is 0 Å². The van der Waals surface area contributed by atoms with Gasteiger partial charge in [0.25, 0.3) is 0 Å². The van der Waals surface area contributed by atoms with Crippen LogP contribution in [0.25, 0.3) is 0 Å². The van der Waals surface area contributed by atoms with Gasteiger partial charge in [0.1, 0.15) is 18.1 Å². The molecule has 136 valence electrons. The van der Waals surface area contributed by atoms with Crippen molar-refractivity contribution in [3.8, 4) is 5.75 Å². The Morgan fingerprint density at radius 2 is 2.16 bits per heavy atom. The molecule has 0 unspecified atom stereocenters. The van der Waals surface area contributed by atoms with Crippen LogP contribution in [0.5, 0.6) is 5.75 Å². The molecule has 0 amide bonds. The van der Waals surface area contributed by atoms with Crippen LogP contribution in [-0.4, -0.2) is 30.3 Å². The van der Waals surface area contributed by atoms with Crippen molar-refractivity contribution < 1.29 is 24.0 Å². The molecule has 1 aromatic carbocycles. The molecule has 8 heteroatoms. The Morgan fingerprint density at radius 1 is 1.44 bits per heavy atom. The second-order valence-electron chi connectivity index (χ2n) is 6.27. The van der Waals surface area contributed by atoms with Crippen LogP contribution in [0.4, 0.5) is 0 Å². The molecule has 1 aliphatic rings. The van der Waals surface area contributed by atoms with Gasteiger partial charge in [0.2, 0.25) is 6.54 Å². The topological polar surface area (TPSA) is 95.7 Å². The van der Waals surface area contributed by atoms with Gasteiger partial charge in [-0.2, -0.15) is 0 Å². The van der Waals surface area contributed by atoms with Crippen molar-refractivity contribution in [2.45, 2.75) is 26.4 Å². The first-order chi connectivity index (χ1) is 11.8. The van der Waals surface area contributed by atoms with Gasteiger partial charge in [-0.25, -0.2) is 0 Å². The highest BCUT2D eigenvalue weighted by molar-refractivity contribution is 9.10. The van der Waals surface area contributed by atoms with E-state index in [0.717, 1.165) is 10.0 Å². The smallest absolute Gasteiger partial charge is 0.306 e. The number of hydrogen-bond acceptors (Lipinski definition) is 6.